The van der Waals surface area contributed by atoms with Gasteiger partial charge in [0.15, 0.2) is 11.5 Å². The maximum atomic E-state index is 13.0. The number of carbonyl (C=O) groups excluding carboxylic acids is 2. The molecule has 2 amide bonds. The van der Waals surface area contributed by atoms with Crippen molar-refractivity contribution in [2.45, 2.75) is 6.42 Å². The second-order valence-corrected chi connectivity index (χ2v) is 11.4. The molecule has 0 saturated heterocycles. The number of hydrogen-bond acceptors (Lipinski definition) is 7. The van der Waals surface area contributed by atoms with Crippen LogP contribution in [0.4, 0.5) is 11.4 Å². The Morgan fingerprint density at radius 3 is 2.12 bits per heavy atom. The summed E-state index contributed by atoms with van der Waals surface area (Å²) in [7, 11) is -0.697. The molecule has 0 heterocycles. The molecule has 0 saturated carbocycles. The lowest BCUT2D eigenvalue weighted by atomic mass is 10.1. The average molecular weight is 604 g/mol. The van der Waals surface area contributed by atoms with Crippen LogP contribution in [0.1, 0.15) is 15.9 Å². The van der Waals surface area contributed by atoms with Crippen molar-refractivity contribution in [3.05, 3.63) is 108 Å². The minimum atomic E-state index is -3.82. The fourth-order valence-corrected chi connectivity index (χ4v) is 5.12. The van der Waals surface area contributed by atoms with E-state index in [0.29, 0.717) is 41.7 Å². The van der Waals surface area contributed by atoms with Crippen molar-refractivity contribution in [2.24, 2.45) is 0 Å². The number of sulfonamides is 1. The van der Waals surface area contributed by atoms with E-state index in [-0.39, 0.29) is 17.2 Å². The van der Waals surface area contributed by atoms with Gasteiger partial charge in [0.2, 0.25) is 15.9 Å². The van der Waals surface area contributed by atoms with E-state index in [1.165, 1.54) is 0 Å². The maximum absolute atomic E-state index is 13.0. The van der Waals surface area contributed by atoms with E-state index < -0.39 is 22.5 Å². The van der Waals surface area contributed by atoms with Crippen LogP contribution in [-0.4, -0.2) is 53.8 Å². The summed E-state index contributed by atoms with van der Waals surface area (Å²) in [5, 5.41) is 5.54. The SMILES string of the molecule is COc1ccc(CCNC(=O)c2ccccc2NC(=O)CN(c2ccc(Oc3ccccc3)cc2)S(C)(=O)=O)cc1OC. The fourth-order valence-electron chi connectivity index (χ4n) is 4.27. The van der Waals surface area contributed by atoms with Crippen LogP contribution in [0.25, 0.3) is 0 Å². The van der Waals surface area contributed by atoms with Crippen molar-refractivity contribution in [3.63, 3.8) is 0 Å². The number of nitrogens with zero attached hydrogens (tertiary/aromatic N) is 1. The number of rotatable bonds is 13. The van der Waals surface area contributed by atoms with Crippen molar-refractivity contribution in [1.29, 1.82) is 0 Å². The van der Waals surface area contributed by atoms with Crippen molar-refractivity contribution in [1.82, 2.24) is 5.32 Å². The number of methoxy groups -OCH3 is 2. The molecule has 0 spiro atoms. The van der Waals surface area contributed by atoms with E-state index in [0.717, 1.165) is 16.1 Å². The summed E-state index contributed by atoms with van der Waals surface area (Å²) in [6.45, 7) is -0.157. The highest BCUT2D eigenvalue weighted by atomic mass is 32.2. The summed E-state index contributed by atoms with van der Waals surface area (Å²) < 4.78 is 42.6. The van der Waals surface area contributed by atoms with Crippen LogP contribution in [0, 0.1) is 0 Å². The molecule has 0 unspecified atom stereocenters. The molecular formula is C32H33N3O7S. The molecule has 11 heteroatoms. The van der Waals surface area contributed by atoms with E-state index in [1.807, 2.05) is 30.3 Å². The number of nitrogens with one attached hydrogen (secondary N) is 2. The Morgan fingerprint density at radius 1 is 0.791 bits per heavy atom. The van der Waals surface area contributed by atoms with Gasteiger partial charge in [-0.05, 0) is 72.6 Å². The summed E-state index contributed by atoms with van der Waals surface area (Å²) >= 11 is 0. The molecule has 0 radical (unpaired) electrons. The zero-order valence-electron chi connectivity index (χ0n) is 24.1. The van der Waals surface area contributed by atoms with Gasteiger partial charge in [-0.1, -0.05) is 36.4 Å². The number of para-hydroxylation sites is 2. The Morgan fingerprint density at radius 2 is 1.44 bits per heavy atom. The van der Waals surface area contributed by atoms with Crippen LogP contribution < -0.4 is 29.1 Å². The molecule has 0 aliphatic rings. The first-order valence-corrected chi connectivity index (χ1v) is 15.2. The minimum absolute atomic E-state index is 0.247. The molecular weight excluding hydrogens is 570 g/mol. The maximum Gasteiger partial charge on any atom is 0.253 e. The van der Waals surface area contributed by atoms with Crippen molar-refractivity contribution >= 4 is 33.2 Å². The quantitative estimate of drug-likeness (QED) is 0.223. The highest BCUT2D eigenvalue weighted by Crippen LogP contribution is 2.28. The third-order valence-corrected chi connectivity index (χ3v) is 7.52. The Kier molecular flexibility index (Phi) is 10.2. The molecule has 0 aliphatic carbocycles. The molecule has 4 rings (SSSR count). The van der Waals surface area contributed by atoms with Gasteiger partial charge < -0.3 is 24.8 Å². The van der Waals surface area contributed by atoms with Crippen LogP contribution in [0.15, 0.2) is 97.1 Å². The summed E-state index contributed by atoms with van der Waals surface area (Å²) in [6, 6.07) is 27.6. The van der Waals surface area contributed by atoms with E-state index in [9.17, 15) is 18.0 Å². The summed E-state index contributed by atoms with van der Waals surface area (Å²) in [4.78, 5) is 26.0. The molecule has 0 bridgehead atoms. The predicted molar refractivity (Wildman–Crippen MR) is 166 cm³/mol. The number of hydrogen-bond donors (Lipinski definition) is 2. The Bertz CT molecular complexity index is 1660. The lowest BCUT2D eigenvalue weighted by molar-refractivity contribution is -0.114. The summed E-state index contributed by atoms with van der Waals surface area (Å²) in [6.07, 6.45) is 1.56. The molecule has 4 aromatic rings. The first-order chi connectivity index (χ1) is 20.7. The predicted octanol–water partition coefficient (Wildman–Crippen LogP) is 4.87. The summed E-state index contributed by atoms with van der Waals surface area (Å²) in [5.74, 6) is 1.37. The zero-order valence-corrected chi connectivity index (χ0v) is 24.9. The molecule has 4 aromatic carbocycles. The molecule has 10 nitrogen and oxygen atoms in total. The highest BCUT2D eigenvalue weighted by molar-refractivity contribution is 7.92. The Labute approximate surface area is 251 Å². The fraction of sp³-hybridized carbons (Fsp3) is 0.188. The van der Waals surface area contributed by atoms with Gasteiger partial charge in [0.25, 0.3) is 5.91 Å². The van der Waals surface area contributed by atoms with E-state index in [2.05, 4.69) is 10.6 Å². The topological polar surface area (TPSA) is 123 Å². The molecule has 2 N–H and O–H groups in total. The molecule has 43 heavy (non-hydrogen) atoms. The number of anilines is 2. The van der Waals surface area contributed by atoms with Crippen LogP contribution in [0.5, 0.6) is 23.0 Å². The number of benzene rings is 4. The van der Waals surface area contributed by atoms with Gasteiger partial charge in [0.1, 0.15) is 18.0 Å². The number of amides is 2. The highest BCUT2D eigenvalue weighted by Gasteiger charge is 2.22. The molecule has 0 aliphatic heterocycles. The first-order valence-electron chi connectivity index (χ1n) is 13.4. The van der Waals surface area contributed by atoms with Gasteiger partial charge in [0.05, 0.1) is 37.4 Å². The molecule has 0 fully saturated rings. The molecule has 0 aromatic heterocycles. The van der Waals surface area contributed by atoms with Crippen molar-refractivity contribution < 1.29 is 32.2 Å². The largest absolute Gasteiger partial charge is 0.493 e. The Balaban J connectivity index is 1.39. The van der Waals surface area contributed by atoms with Gasteiger partial charge in [0, 0.05) is 6.54 Å². The second kappa shape index (κ2) is 14.2. The van der Waals surface area contributed by atoms with Crippen LogP contribution in [-0.2, 0) is 21.2 Å². The first kappa shape index (κ1) is 30.9. The average Bonchev–Trinajstić information content (AvgIpc) is 3.00. The van der Waals surface area contributed by atoms with Crippen molar-refractivity contribution in [2.75, 3.05) is 43.2 Å². The van der Waals surface area contributed by atoms with Gasteiger partial charge in [-0.2, -0.15) is 0 Å². The Hall–Kier alpha value is -5.03. The smallest absolute Gasteiger partial charge is 0.253 e. The number of ether oxygens (including phenoxy) is 3. The third kappa shape index (κ3) is 8.49. The van der Waals surface area contributed by atoms with Crippen LogP contribution in [0.3, 0.4) is 0 Å². The monoisotopic (exact) mass is 603 g/mol. The van der Waals surface area contributed by atoms with Gasteiger partial charge in [-0.3, -0.25) is 13.9 Å². The normalized spacial score (nSPS) is 10.9. The lowest BCUT2D eigenvalue weighted by Crippen LogP contribution is -2.37. The zero-order chi connectivity index (χ0) is 30.8. The molecule has 0 atom stereocenters. The second-order valence-electron chi connectivity index (χ2n) is 9.47. The van der Waals surface area contributed by atoms with Crippen LogP contribution in [0.2, 0.25) is 0 Å². The van der Waals surface area contributed by atoms with Gasteiger partial charge in [-0.25, -0.2) is 8.42 Å². The minimum Gasteiger partial charge on any atom is -0.493 e. The van der Waals surface area contributed by atoms with Crippen molar-refractivity contribution in [3.8, 4) is 23.0 Å². The lowest BCUT2D eigenvalue weighted by Gasteiger charge is -2.22. The standard InChI is InChI=1S/C32H33N3O7S/c1-40-29-18-13-23(21-30(29)41-2)19-20-33-32(37)27-11-7-8-12-28(27)34-31(36)22-35(43(3,38)39)24-14-16-26(17-15-24)42-25-9-5-4-6-10-25/h4-18,21H,19-20,22H2,1-3H3,(H,33,37)(H,34,36). The van der Waals surface area contributed by atoms with E-state index >= 15 is 0 Å². The van der Waals surface area contributed by atoms with Gasteiger partial charge >= 0.3 is 0 Å². The van der Waals surface area contributed by atoms with Gasteiger partial charge in [-0.15, -0.1) is 0 Å². The van der Waals surface area contributed by atoms with E-state index in [1.54, 1.807) is 80.9 Å². The van der Waals surface area contributed by atoms with E-state index in [4.69, 9.17) is 14.2 Å². The summed E-state index contributed by atoms with van der Waals surface area (Å²) in [5.41, 5.74) is 1.74. The third-order valence-electron chi connectivity index (χ3n) is 6.38. The number of carbonyl (C=O) groups is 2. The molecule has 224 valence electrons. The van der Waals surface area contributed by atoms with Crippen LogP contribution >= 0.6 is 0 Å².